The normalized spacial score (nSPS) is 16.9. The zero-order chi connectivity index (χ0) is 29.6. The van der Waals surface area contributed by atoms with Crippen molar-refractivity contribution in [1.29, 1.82) is 0 Å². The van der Waals surface area contributed by atoms with Gasteiger partial charge >= 0.3 is 6.09 Å². The molecule has 0 unspecified atom stereocenters. The van der Waals surface area contributed by atoms with Crippen molar-refractivity contribution in [3.05, 3.63) is 131 Å². The quantitative estimate of drug-likeness (QED) is 0.196. The van der Waals surface area contributed by atoms with Gasteiger partial charge in [-0.1, -0.05) is 54.6 Å². The van der Waals surface area contributed by atoms with E-state index in [1.807, 2.05) is 30.3 Å². The van der Waals surface area contributed by atoms with Gasteiger partial charge in [0.25, 0.3) is 0 Å². The van der Waals surface area contributed by atoms with E-state index in [0.717, 1.165) is 10.5 Å². The summed E-state index contributed by atoms with van der Waals surface area (Å²) in [5.74, 6) is -2.28. The number of imide groups is 1. The van der Waals surface area contributed by atoms with Crippen molar-refractivity contribution in [2.45, 2.75) is 31.0 Å². The van der Waals surface area contributed by atoms with Gasteiger partial charge in [-0.25, -0.2) is 18.5 Å². The van der Waals surface area contributed by atoms with Crippen molar-refractivity contribution < 1.29 is 33.3 Å². The van der Waals surface area contributed by atoms with Gasteiger partial charge in [-0.05, 0) is 78.1 Å². The second-order valence-corrected chi connectivity index (χ2v) is 10.2. The first-order valence-electron chi connectivity index (χ1n) is 13.6. The van der Waals surface area contributed by atoms with Crippen LogP contribution in [0.2, 0.25) is 0 Å². The molecular formula is C33H30F2N2O5. The van der Waals surface area contributed by atoms with Crippen LogP contribution in [0, 0.1) is 17.6 Å². The Kier molecular flexibility index (Phi) is 8.78. The lowest BCUT2D eigenvalue weighted by atomic mass is 9.85. The highest BCUT2D eigenvalue weighted by atomic mass is 19.1. The number of hydrogen-bond acceptors (Lipinski definition) is 6. The maximum atomic E-state index is 14.4. The van der Waals surface area contributed by atoms with Crippen LogP contribution >= 0.6 is 0 Å². The third kappa shape index (κ3) is 6.58. The second kappa shape index (κ2) is 12.8. The zero-order valence-corrected chi connectivity index (χ0v) is 22.6. The highest BCUT2D eigenvalue weighted by molar-refractivity contribution is 5.95. The lowest BCUT2D eigenvalue weighted by molar-refractivity contribution is -0.134. The monoisotopic (exact) mass is 572 g/mol. The summed E-state index contributed by atoms with van der Waals surface area (Å²) in [7, 11) is 0. The number of hydrogen-bond donors (Lipinski definition) is 3. The number of phenolic OH excluding ortho intramolecular Hbond substituents is 1. The molecule has 0 saturated carbocycles. The van der Waals surface area contributed by atoms with E-state index in [-0.39, 0.29) is 25.2 Å². The molecule has 4 aromatic carbocycles. The third-order valence-corrected chi connectivity index (χ3v) is 7.44. The van der Waals surface area contributed by atoms with E-state index in [9.17, 15) is 28.6 Å². The van der Waals surface area contributed by atoms with E-state index in [1.165, 1.54) is 60.7 Å². The smallest absolute Gasteiger partial charge is 0.417 e. The number of rotatable bonds is 10. The minimum absolute atomic E-state index is 0.00518. The van der Waals surface area contributed by atoms with Crippen molar-refractivity contribution in [3.63, 3.8) is 0 Å². The molecule has 1 aliphatic heterocycles. The molecule has 7 nitrogen and oxygen atoms in total. The minimum atomic E-state index is -1.01. The van der Waals surface area contributed by atoms with Crippen LogP contribution in [-0.4, -0.2) is 33.7 Å². The van der Waals surface area contributed by atoms with Crippen LogP contribution in [0.4, 0.5) is 19.3 Å². The fourth-order valence-electron chi connectivity index (χ4n) is 5.21. The van der Waals surface area contributed by atoms with Gasteiger partial charge in [-0.2, -0.15) is 0 Å². The topological polar surface area (TPSA) is 99.1 Å². The molecule has 0 radical (unpaired) electrons. The summed E-state index contributed by atoms with van der Waals surface area (Å²) in [5, 5.41) is 24.2. The first-order chi connectivity index (χ1) is 20.3. The zero-order valence-electron chi connectivity index (χ0n) is 22.6. The Labute approximate surface area is 242 Å². The van der Waals surface area contributed by atoms with Crippen molar-refractivity contribution in [3.8, 4) is 5.75 Å². The minimum Gasteiger partial charge on any atom is -0.508 e. The summed E-state index contributed by atoms with van der Waals surface area (Å²) in [5.41, 5.74) is 2.36. The highest BCUT2D eigenvalue weighted by Crippen LogP contribution is 2.38. The van der Waals surface area contributed by atoms with Gasteiger partial charge in [0.2, 0.25) is 5.91 Å². The Hall–Kier alpha value is -4.76. The molecule has 4 atom stereocenters. The number of phenols is 1. The highest BCUT2D eigenvalue weighted by Gasteiger charge is 2.44. The van der Waals surface area contributed by atoms with Crippen LogP contribution in [0.3, 0.4) is 0 Å². The Balaban J connectivity index is 1.53. The fourth-order valence-corrected chi connectivity index (χ4v) is 5.21. The predicted molar refractivity (Wildman–Crippen MR) is 152 cm³/mol. The van der Waals surface area contributed by atoms with Crippen LogP contribution in [0.25, 0.3) is 0 Å². The number of carbonyl (C=O) groups excluding carboxylic acids is 2. The Morgan fingerprint density at radius 3 is 2.10 bits per heavy atom. The third-order valence-electron chi connectivity index (χ3n) is 7.44. The molecule has 9 heteroatoms. The molecule has 0 bridgehead atoms. The van der Waals surface area contributed by atoms with E-state index >= 15 is 0 Å². The average molecular weight is 573 g/mol. The van der Waals surface area contributed by atoms with Gasteiger partial charge in [-0.15, -0.1) is 0 Å². The van der Waals surface area contributed by atoms with Gasteiger partial charge in [0.15, 0.2) is 0 Å². The lowest BCUT2D eigenvalue weighted by Gasteiger charge is -2.32. The number of carbonyl (C=O) groups is 2. The van der Waals surface area contributed by atoms with Crippen molar-refractivity contribution in [2.24, 2.45) is 5.92 Å². The van der Waals surface area contributed by atoms with E-state index in [0.29, 0.717) is 16.8 Å². The summed E-state index contributed by atoms with van der Waals surface area (Å²) in [6, 6.07) is 25.1. The molecule has 42 heavy (non-hydrogen) atoms. The standard InChI is InChI=1S/C33H30F2N2O5/c34-24-10-6-22(7-11-24)30(39)19-18-28(32(40)37-29(20-42-33(37)41)21-4-2-1-3-5-21)31(23-8-16-27(38)17-9-23)36-26-14-12-25(35)13-15-26/h1-17,28-31,36,38-39H,18-20H2/t28-,29-,30+,31+/m1/s1. The number of nitrogens with one attached hydrogen (secondary N) is 1. The summed E-state index contributed by atoms with van der Waals surface area (Å²) in [4.78, 5) is 28.5. The molecule has 0 spiro atoms. The fraction of sp³-hybridized carbons (Fsp3) is 0.212. The van der Waals surface area contributed by atoms with Crippen molar-refractivity contribution >= 4 is 17.7 Å². The van der Waals surface area contributed by atoms with Gasteiger partial charge in [0.05, 0.1) is 18.1 Å². The van der Waals surface area contributed by atoms with E-state index in [4.69, 9.17) is 4.74 Å². The number of anilines is 1. The van der Waals surface area contributed by atoms with Gasteiger partial charge in [-0.3, -0.25) is 4.79 Å². The van der Waals surface area contributed by atoms with Crippen LogP contribution in [0.1, 0.15) is 47.7 Å². The summed E-state index contributed by atoms with van der Waals surface area (Å²) >= 11 is 0. The van der Waals surface area contributed by atoms with E-state index in [2.05, 4.69) is 5.32 Å². The molecule has 0 aromatic heterocycles. The molecule has 2 amide bonds. The average Bonchev–Trinajstić information content (AvgIpc) is 3.40. The Morgan fingerprint density at radius 1 is 0.857 bits per heavy atom. The number of halogens is 2. The maximum Gasteiger partial charge on any atom is 0.417 e. The largest absolute Gasteiger partial charge is 0.508 e. The predicted octanol–water partition coefficient (Wildman–Crippen LogP) is 6.67. The second-order valence-electron chi connectivity index (χ2n) is 10.2. The number of aliphatic hydroxyl groups is 1. The molecular weight excluding hydrogens is 542 g/mol. The molecule has 1 aliphatic rings. The molecule has 4 aromatic rings. The molecule has 216 valence electrons. The van der Waals surface area contributed by atoms with Gasteiger partial charge < -0.3 is 20.3 Å². The van der Waals surface area contributed by atoms with Crippen LogP contribution in [0.5, 0.6) is 5.75 Å². The maximum absolute atomic E-state index is 14.4. The number of cyclic esters (lactones) is 1. The lowest BCUT2D eigenvalue weighted by Crippen LogP contribution is -2.42. The molecule has 1 saturated heterocycles. The molecule has 1 heterocycles. The van der Waals surface area contributed by atoms with Crippen molar-refractivity contribution in [1.82, 2.24) is 4.90 Å². The van der Waals surface area contributed by atoms with Crippen LogP contribution in [-0.2, 0) is 9.53 Å². The van der Waals surface area contributed by atoms with Gasteiger partial charge in [0, 0.05) is 5.69 Å². The van der Waals surface area contributed by atoms with Crippen LogP contribution < -0.4 is 5.32 Å². The SMILES string of the molecule is O=C1OC[C@H](c2ccccc2)N1C(=O)[C@H](CC[C@H](O)c1ccc(F)cc1)[C@@H](Nc1ccc(F)cc1)c1ccc(O)cc1. The Bertz CT molecular complexity index is 1500. The number of aliphatic hydroxyl groups excluding tert-OH is 1. The summed E-state index contributed by atoms with van der Waals surface area (Å²) in [6.45, 7) is -0.00518. The Morgan fingerprint density at radius 2 is 1.45 bits per heavy atom. The molecule has 5 rings (SSSR count). The molecule has 0 aliphatic carbocycles. The summed E-state index contributed by atoms with van der Waals surface area (Å²) < 4.78 is 32.5. The summed E-state index contributed by atoms with van der Waals surface area (Å²) in [6.07, 6.45) is -1.56. The number of benzene rings is 4. The van der Waals surface area contributed by atoms with E-state index in [1.54, 1.807) is 12.1 Å². The van der Waals surface area contributed by atoms with E-state index < -0.39 is 47.7 Å². The number of ether oxygens (including phenoxy) is 1. The molecule has 1 fully saturated rings. The number of nitrogens with zero attached hydrogens (tertiary/aromatic N) is 1. The first kappa shape index (κ1) is 28.8. The van der Waals surface area contributed by atoms with Gasteiger partial charge in [0.1, 0.15) is 30.0 Å². The number of amides is 2. The van der Waals surface area contributed by atoms with Crippen molar-refractivity contribution in [2.75, 3.05) is 11.9 Å². The number of aromatic hydroxyl groups is 1. The van der Waals surface area contributed by atoms with Crippen LogP contribution in [0.15, 0.2) is 103 Å². The first-order valence-corrected chi connectivity index (χ1v) is 13.6. The molecule has 3 N–H and O–H groups in total.